The zero-order valence-electron chi connectivity index (χ0n) is 14.5. The van der Waals surface area contributed by atoms with E-state index in [1.165, 1.54) is 38.5 Å². The van der Waals surface area contributed by atoms with E-state index < -0.39 is 0 Å². The number of likely N-dealkylation sites (tertiary alicyclic amines) is 1. The van der Waals surface area contributed by atoms with Crippen LogP contribution in [-0.4, -0.2) is 27.7 Å². The van der Waals surface area contributed by atoms with E-state index in [4.69, 9.17) is 4.63 Å². The molecule has 24 heavy (non-hydrogen) atoms. The predicted molar refractivity (Wildman–Crippen MR) is 87.9 cm³/mol. The molecule has 1 saturated heterocycles. The summed E-state index contributed by atoms with van der Waals surface area (Å²) in [6.07, 6.45) is 11.0. The number of rotatable bonds is 3. The lowest BCUT2D eigenvalue weighted by Gasteiger charge is -2.57. The van der Waals surface area contributed by atoms with Crippen LogP contribution in [0.5, 0.6) is 0 Å². The molecule has 1 aromatic rings. The smallest absolute Gasteiger partial charge is 0.223 e. The van der Waals surface area contributed by atoms with Crippen LogP contribution >= 0.6 is 0 Å². The molecule has 1 atom stereocenters. The van der Waals surface area contributed by atoms with Crippen LogP contribution in [0.25, 0.3) is 0 Å². The third-order valence-corrected chi connectivity index (χ3v) is 7.27. The van der Waals surface area contributed by atoms with Gasteiger partial charge < -0.3 is 4.90 Å². The van der Waals surface area contributed by atoms with Crippen LogP contribution < -0.4 is 0 Å². The van der Waals surface area contributed by atoms with Gasteiger partial charge in [0.05, 0.1) is 6.04 Å². The Morgan fingerprint density at radius 1 is 1.17 bits per heavy atom. The van der Waals surface area contributed by atoms with Gasteiger partial charge in [0.15, 0.2) is 0 Å². The van der Waals surface area contributed by atoms with Crippen molar-refractivity contribution >= 4 is 5.91 Å². The minimum atomic E-state index is 0.0812. The number of hydrogen-bond acceptors (Lipinski definition) is 4. The normalized spacial score (nSPS) is 40.5. The number of nitrogens with zero attached hydrogens (tertiary/aromatic N) is 3. The van der Waals surface area contributed by atoms with Crippen molar-refractivity contribution in [3.63, 3.8) is 0 Å². The number of carbonyl (C=O) groups is 1. The van der Waals surface area contributed by atoms with Gasteiger partial charge in [0, 0.05) is 13.0 Å². The third kappa shape index (κ3) is 2.31. The molecule has 0 radical (unpaired) electrons. The van der Waals surface area contributed by atoms with Crippen molar-refractivity contribution in [2.24, 2.45) is 23.2 Å². The van der Waals surface area contributed by atoms with Crippen molar-refractivity contribution in [3.8, 4) is 0 Å². The van der Waals surface area contributed by atoms with Gasteiger partial charge in [-0.2, -0.15) is 0 Å². The quantitative estimate of drug-likeness (QED) is 0.849. The monoisotopic (exact) mass is 329 g/mol. The summed E-state index contributed by atoms with van der Waals surface area (Å²) in [5.74, 6) is 3.06. The Kier molecular flexibility index (Phi) is 3.29. The molecule has 4 saturated carbocycles. The van der Waals surface area contributed by atoms with Crippen LogP contribution in [0, 0.1) is 30.1 Å². The molecule has 0 N–H and O–H groups in total. The Bertz CT molecular complexity index is 618. The fourth-order valence-electron chi connectivity index (χ4n) is 6.82. The molecular formula is C19H27N3O2. The van der Waals surface area contributed by atoms with Crippen LogP contribution in [0.1, 0.15) is 75.2 Å². The van der Waals surface area contributed by atoms with Crippen LogP contribution in [0.3, 0.4) is 0 Å². The first kappa shape index (κ1) is 14.9. The molecule has 1 aromatic heterocycles. The molecule has 5 nitrogen and oxygen atoms in total. The largest absolute Gasteiger partial charge is 0.334 e. The van der Waals surface area contributed by atoms with Crippen LogP contribution in [0.15, 0.2) is 4.63 Å². The molecule has 5 fully saturated rings. The van der Waals surface area contributed by atoms with Gasteiger partial charge in [0.25, 0.3) is 0 Å². The van der Waals surface area contributed by atoms with Crippen molar-refractivity contribution < 1.29 is 9.42 Å². The molecule has 5 heteroatoms. The minimum Gasteiger partial charge on any atom is -0.334 e. The zero-order chi connectivity index (χ0) is 16.3. The fourth-order valence-corrected chi connectivity index (χ4v) is 6.82. The molecule has 0 spiro atoms. The second-order valence-corrected chi connectivity index (χ2v) is 9.07. The van der Waals surface area contributed by atoms with Gasteiger partial charge in [-0.25, -0.2) is 4.63 Å². The molecule has 4 aliphatic carbocycles. The van der Waals surface area contributed by atoms with Crippen LogP contribution in [0.4, 0.5) is 0 Å². The summed E-state index contributed by atoms with van der Waals surface area (Å²) in [5, 5.41) is 7.99. The zero-order valence-corrected chi connectivity index (χ0v) is 14.5. The van der Waals surface area contributed by atoms with E-state index in [0.29, 0.717) is 11.3 Å². The van der Waals surface area contributed by atoms with Crippen LogP contribution in [0.2, 0.25) is 0 Å². The number of aromatic nitrogens is 2. The summed E-state index contributed by atoms with van der Waals surface area (Å²) in [5.41, 5.74) is 2.01. The highest BCUT2D eigenvalue weighted by molar-refractivity contribution is 5.78. The van der Waals surface area contributed by atoms with Gasteiger partial charge in [-0.15, -0.1) is 0 Å². The van der Waals surface area contributed by atoms with E-state index in [1.54, 1.807) is 0 Å². The topological polar surface area (TPSA) is 59.2 Å². The van der Waals surface area contributed by atoms with E-state index >= 15 is 0 Å². The highest BCUT2D eigenvalue weighted by atomic mass is 16.6. The standard InChI is InChI=1S/C19H27N3O2/c1-12-18(21-24-20-12)16-3-2-4-22(16)17(23)11-19-8-13-5-14(9-19)7-15(6-13)10-19/h13-16H,2-11H2,1H3/t13?,14?,15?,16-,19?/m1/s1. The lowest BCUT2D eigenvalue weighted by Crippen LogP contribution is -2.48. The highest BCUT2D eigenvalue weighted by Crippen LogP contribution is 2.61. The molecule has 4 bridgehead atoms. The predicted octanol–water partition coefficient (Wildman–Crippen LogP) is 3.65. The Balaban J connectivity index is 1.34. The van der Waals surface area contributed by atoms with E-state index in [-0.39, 0.29) is 6.04 Å². The second kappa shape index (κ2) is 5.30. The lowest BCUT2D eigenvalue weighted by atomic mass is 9.49. The summed E-state index contributed by atoms with van der Waals surface area (Å²) >= 11 is 0. The summed E-state index contributed by atoms with van der Waals surface area (Å²) in [4.78, 5) is 15.3. The maximum Gasteiger partial charge on any atom is 0.223 e. The molecule has 0 unspecified atom stereocenters. The first-order chi connectivity index (χ1) is 11.6. The van der Waals surface area contributed by atoms with Crippen molar-refractivity contribution in [2.45, 2.75) is 70.8 Å². The van der Waals surface area contributed by atoms with Gasteiger partial charge in [-0.1, -0.05) is 10.3 Å². The molecule has 1 amide bonds. The Morgan fingerprint density at radius 3 is 2.42 bits per heavy atom. The Hall–Kier alpha value is -1.39. The van der Waals surface area contributed by atoms with Gasteiger partial charge in [-0.3, -0.25) is 4.79 Å². The van der Waals surface area contributed by atoms with Crippen LogP contribution in [-0.2, 0) is 4.79 Å². The summed E-state index contributed by atoms with van der Waals surface area (Å²) in [6, 6.07) is 0.0812. The molecule has 2 heterocycles. The summed E-state index contributed by atoms with van der Waals surface area (Å²) < 4.78 is 4.88. The van der Waals surface area contributed by atoms with Gasteiger partial charge in [-0.05, 0) is 81.5 Å². The first-order valence-electron chi connectivity index (χ1n) is 9.70. The van der Waals surface area contributed by atoms with E-state index in [2.05, 4.69) is 15.2 Å². The number of carbonyl (C=O) groups excluding carboxylic acids is 1. The van der Waals surface area contributed by atoms with E-state index in [0.717, 1.165) is 54.9 Å². The SMILES string of the molecule is Cc1nonc1[C@H]1CCCN1C(=O)CC12CC3CC(CC(C3)C1)C2. The molecule has 130 valence electrons. The molecule has 6 rings (SSSR count). The van der Waals surface area contributed by atoms with Gasteiger partial charge in [0.1, 0.15) is 11.4 Å². The number of amides is 1. The van der Waals surface area contributed by atoms with Gasteiger partial charge in [0.2, 0.25) is 5.91 Å². The molecule has 5 aliphatic rings. The third-order valence-electron chi connectivity index (χ3n) is 7.27. The van der Waals surface area contributed by atoms with Crippen molar-refractivity contribution in [3.05, 3.63) is 11.4 Å². The minimum absolute atomic E-state index is 0.0812. The number of hydrogen-bond donors (Lipinski definition) is 0. The Morgan fingerprint density at radius 2 is 1.83 bits per heavy atom. The second-order valence-electron chi connectivity index (χ2n) is 9.07. The lowest BCUT2D eigenvalue weighted by molar-refractivity contribution is -0.140. The Labute approximate surface area is 143 Å². The fraction of sp³-hybridized carbons (Fsp3) is 0.842. The van der Waals surface area contributed by atoms with E-state index in [9.17, 15) is 4.79 Å². The highest BCUT2D eigenvalue weighted by Gasteiger charge is 2.52. The maximum atomic E-state index is 13.2. The van der Waals surface area contributed by atoms with Gasteiger partial charge >= 0.3 is 0 Å². The molecule has 1 aliphatic heterocycles. The van der Waals surface area contributed by atoms with Crippen molar-refractivity contribution in [1.82, 2.24) is 15.2 Å². The maximum absolute atomic E-state index is 13.2. The van der Waals surface area contributed by atoms with Crippen molar-refractivity contribution in [1.29, 1.82) is 0 Å². The molecular weight excluding hydrogens is 302 g/mol. The average Bonchev–Trinajstić information content (AvgIpc) is 3.13. The van der Waals surface area contributed by atoms with E-state index in [1.807, 2.05) is 6.92 Å². The molecule has 0 aromatic carbocycles. The number of aryl methyl sites for hydroxylation is 1. The average molecular weight is 329 g/mol. The summed E-state index contributed by atoms with van der Waals surface area (Å²) in [6.45, 7) is 2.79. The van der Waals surface area contributed by atoms with Crippen molar-refractivity contribution in [2.75, 3.05) is 6.54 Å². The first-order valence-corrected chi connectivity index (χ1v) is 9.70. The summed E-state index contributed by atoms with van der Waals surface area (Å²) in [7, 11) is 0.